The van der Waals surface area contributed by atoms with E-state index in [2.05, 4.69) is 4.98 Å². The molecule has 1 aliphatic rings. The third-order valence-corrected chi connectivity index (χ3v) is 6.74. The summed E-state index contributed by atoms with van der Waals surface area (Å²) >= 11 is 0. The van der Waals surface area contributed by atoms with Gasteiger partial charge in [0.05, 0.1) is 17.6 Å². The summed E-state index contributed by atoms with van der Waals surface area (Å²) in [6.45, 7) is 1.85. The van der Waals surface area contributed by atoms with Gasteiger partial charge in [0.2, 0.25) is 15.9 Å². The van der Waals surface area contributed by atoms with Crippen LogP contribution in [0.15, 0.2) is 47.5 Å². The van der Waals surface area contributed by atoms with Crippen molar-refractivity contribution in [3.8, 4) is 5.88 Å². The summed E-state index contributed by atoms with van der Waals surface area (Å²) in [5, 5.41) is 0. The number of methoxy groups -OCH3 is 1. The van der Waals surface area contributed by atoms with Gasteiger partial charge >= 0.3 is 6.18 Å². The summed E-state index contributed by atoms with van der Waals surface area (Å²) in [7, 11) is -2.59. The van der Waals surface area contributed by atoms with E-state index in [9.17, 15) is 26.4 Å². The van der Waals surface area contributed by atoms with E-state index in [0.717, 1.165) is 24.3 Å². The SMILES string of the molecule is COc1ncccc1C(=O)N1CCN(S(=O)(=O)c2ccc(C(F)(F)F)cc2)CC1C. The van der Waals surface area contributed by atoms with Crippen molar-refractivity contribution in [3.63, 3.8) is 0 Å². The van der Waals surface area contributed by atoms with Crippen LogP contribution in [0.3, 0.4) is 0 Å². The fourth-order valence-corrected chi connectivity index (χ4v) is 4.79. The molecule has 162 valence electrons. The lowest BCUT2D eigenvalue weighted by atomic mass is 10.1. The lowest BCUT2D eigenvalue weighted by Crippen LogP contribution is -2.55. The Kier molecular flexibility index (Phi) is 6.04. The Labute approximate surface area is 172 Å². The zero-order chi connectivity index (χ0) is 22.1. The predicted octanol–water partition coefficient (Wildman–Crippen LogP) is 2.64. The molecule has 1 aromatic carbocycles. The number of halogens is 3. The number of carbonyl (C=O) groups is 1. The Hall–Kier alpha value is -2.66. The van der Waals surface area contributed by atoms with Crippen LogP contribution in [0.2, 0.25) is 0 Å². The first-order valence-corrected chi connectivity index (χ1v) is 10.5. The van der Waals surface area contributed by atoms with Gasteiger partial charge in [-0.3, -0.25) is 4.79 Å². The zero-order valence-corrected chi connectivity index (χ0v) is 17.1. The van der Waals surface area contributed by atoms with Crippen LogP contribution in [-0.2, 0) is 16.2 Å². The van der Waals surface area contributed by atoms with Crippen LogP contribution < -0.4 is 4.74 Å². The molecule has 1 fully saturated rings. The highest BCUT2D eigenvalue weighted by Gasteiger charge is 2.36. The standard InChI is InChI=1S/C19H20F3N3O4S/c1-13-12-24(30(27,28)15-7-5-14(6-8-15)19(20,21)22)10-11-25(13)18(26)16-4-3-9-23-17(16)29-2/h3-9,13H,10-12H2,1-2H3. The van der Waals surface area contributed by atoms with Crippen LogP contribution >= 0.6 is 0 Å². The maximum atomic E-state index is 12.9. The van der Waals surface area contributed by atoms with Crippen LogP contribution in [0, 0.1) is 0 Å². The van der Waals surface area contributed by atoms with Crippen molar-refractivity contribution in [2.75, 3.05) is 26.7 Å². The Morgan fingerprint density at radius 3 is 2.40 bits per heavy atom. The van der Waals surface area contributed by atoms with Gasteiger partial charge in [0.15, 0.2) is 0 Å². The Morgan fingerprint density at radius 2 is 1.83 bits per heavy atom. The molecule has 1 amide bonds. The quantitative estimate of drug-likeness (QED) is 0.726. The fourth-order valence-electron chi connectivity index (χ4n) is 3.28. The minimum Gasteiger partial charge on any atom is -0.480 e. The van der Waals surface area contributed by atoms with Gasteiger partial charge in [-0.2, -0.15) is 17.5 Å². The van der Waals surface area contributed by atoms with Crippen molar-refractivity contribution < 1.29 is 31.1 Å². The van der Waals surface area contributed by atoms with Crippen LogP contribution in [0.25, 0.3) is 0 Å². The summed E-state index contributed by atoms with van der Waals surface area (Å²) < 4.78 is 70.2. The van der Waals surface area contributed by atoms with Crippen molar-refractivity contribution in [2.24, 2.45) is 0 Å². The second kappa shape index (κ2) is 8.23. The molecule has 1 aliphatic heterocycles. The van der Waals surface area contributed by atoms with Crippen molar-refractivity contribution in [1.29, 1.82) is 0 Å². The normalized spacial score (nSPS) is 18.3. The molecule has 1 unspecified atom stereocenters. The molecule has 0 aliphatic carbocycles. The van der Waals surface area contributed by atoms with Crippen LogP contribution in [0.5, 0.6) is 5.88 Å². The highest BCUT2D eigenvalue weighted by molar-refractivity contribution is 7.89. The first kappa shape index (κ1) is 22.0. The number of rotatable bonds is 4. The number of ether oxygens (including phenoxy) is 1. The molecule has 1 aromatic heterocycles. The Bertz CT molecular complexity index is 1030. The van der Waals surface area contributed by atoms with Crippen molar-refractivity contribution >= 4 is 15.9 Å². The third kappa shape index (κ3) is 4.26. The molecule has 0 spiro atoms. The molecule has 0 bridgehead atoms. The molecular formula is C19H20F3N3O4S. The van der Waals surface area contributed by atoms with Crippen LogP contribution in [-0.4, -0.2) is 61.3 Å². The second-order valence-corrected chi connectivity index (χ2v) is 8.73. The number of hydrogen-bond donors (Lipinski definition) is 0. The molecule has 1 saturated heterocycles. The van der Waals surface area contributed by atoms with E-state index in [0.29, 0.717) is 0 Å². The van der Waals surface area contributed by atoms with Gasteiger partial charge < -0.3 is 9.64 Å². The first-order valence-electron chi connectivity index (χ1n) is 9.03. The van der Waals surface area contributed by atoms with Gasteiger partial charge in [0.25, 0.3) is 5.91 Å². The molecular weight excluding hydrogens is 423 g/mol. The highest BCUT2D eigenvalue weighted by Crippen LogP contribution is 2.30. The maximum absolute atomic E-state index is 12.9. The van der Waals surface area contributed by atoms with E-state index >= 15 is 0 Å². The van der Waals surface area contributed by atoms with Crippen molar-refractivity contribution in [1.82, 2.24) is 14.2 Å². The largest absolute Gasteiger partial charge is 0.480 e. The molecule has 0 saturated carbocycles. The average molecular weight is 443 g/mol. The topological polar surface area (TPSA) is 79.8 Å². The smallest absolute Gasteiger partial charge is 0.416 e. The lowest BCUT2D eigenvalue weighted by Gasteiger charge is -2.39. The summed E-state index contributed by atoms with van der Waals surface area (Å²) in [5.41, 5.74) is -0.651. The number of nitrogens with zero attached hydrogens (tertiary/aromatic N) is 3. The molecule has 3 rings (SSSR count). The summed E-state index contributed by atoms with van der Waals surface area (Å²) in [5.74, 6) is -0.159. The number of carbonyl (C=O) groups excluding carboxylic acids is 1. The number of piperazine rings is 1. The van der Waals surface area contributed by atoms with Gasteiger partial charge in [-0.15, -0.1) is 0 Å². The number of alkyl halides is 3. The lowest BCUT2D eigenvalue weighted by molar-refractivity contribution is -0.137. The fraction of sp³-hybridized carbons (Fsp3) is 0.368. The van der Waals surface area contributed by atoms with Crippen LogP contribution in [0.1, 0.15) is 22.8 Å². The third-order valence-electron chi connectivity index (χ3n) is 4.87. The first-order chi connectivity index (χ1) is 14.1. The summed E-state index contributed by atoms with van der Waals surface area (Å²) in [6, 6.07) is 6.09. The average Bonchev–Trinajstić information content (AvgIpc) is 2.72. The number of aromatic nitrogens is 1. The van der Waals surface area contributed by atoms with E-state index < -0.39 is 27.8 Å². The van der Waals surface area contributed by atoms with Crippen molar-refractivity contribution in [2.45, 2.75) is 24.0 Å². The van der Waals surface area contributed by atoms with Gasteiger partial charge in [-0.25, -0.2) is 13.4 Å². The number of pyridine rings is 1. The molecule has 7 nitrogen and oxygen atoms in total. The number of amides is 1. The summed E-state index contributed by atoms with van der Waals surface area (Å²) in [4.78, 5) is 18.2. The Balaban J connectivity index is 1.76. The van der Waals surface area contributed by atoms with Crippen molar-refractivity contribution in [3.05, 3.63) is 53.7 Å². The van der Waals surface area contributed by atoms with Crippen LogP contribution in [0.4, 0.5) is 13.2 Å². The molecule has 1 atom stereocenters. The van der Waals surface area contributed by atoms with Gasteiger partial charge in [-0.05, 0) is 43.3 Å². The molecule has 2 aromatic rings. The van der Waals surface area contributed by atoms with Gasteiger partial charge in [0, 0.05) is 31.9 Å². The highest BCUT2D eigenvalue weighted by atomic mass is 32.2. The molecule has 2 heterocycles. The maximum Gasteiger partial charge on any atom is 0.416 e. The molecule has 0 radical (unpaired) electrons. The molecule has 30 heavy (non-hydrogen) atoms. The predicted molar refractivity (Wildman–Crippen MR) is 101 cm³/mol. The minimum atomic E-state index is -4.55. The molecule has 0 N–H and O–H groups in total. The van der Waals surface area contributed by atoms with E-state index in [1.54, 1.807) is 19.1 Å². The minimum absolute atomic E-state index is 0.0116. The second-order valence-electron chi connectivity index (χ2n) is 6.79. The van der Waals surface area contributed by atoms with E-state index in [4.69, 9.17) is 4.74 Å². The number of hydrogen-bond acceptors (Lipinski definition) is 5. The number of sulfonamides is 1. The zero-order valence-electron chi connectivity index (χ0n) is 16.3. The summed E-state index contributed by atoms with van der Waals surface area (Å²) in [6.07, 6.45) is -3.05. The number of benzene rings is 1. The van der Waals surface area contributed by atoms with E-state index in [1.165, 1.54) is 22.5 Å². The van der Waals surface area contributed by atoms with Gasteiger partial charge in [-0.1, -0.05) is 0 Å². The van der Waals surface area contributed by atoms with Gasteiger partial charge in [0.1, 0.15) is 5.56 Å². The Morgan fingerprint density at radius 1 is 1.17 bits per heavy atom. The van der Waals surface area contributed by atoms with E-state index in [1.807, 2.05) is 0 Å². The van der Waals surface area contributed by atoms with E-state index in [-0.39, 0.29) is 41.9 Å². The monoisotopic (exact) mass is 443 g/mol. The molecule has 11 heteroatoms.